The van der Waals surface area contributed by atoms with Crippen LogP contribution in [0.2, 0.25) is 0 Å². The number of nitrogens with zero attached hydrogens (tertiary/aromatic N) is 3. The number of likely N-dealkylation sites (tertiary alicyclic amines) is 1. The van der Waals surface area contributed by atoms with Gasteiger partial charge >= 0.3 is 0 Å². The van der Waals surface area contributed by atoms with Crippen molar-refractivity contribution in [3.63, 3.8) is 0 Å². The largest absolute Gasteiger partial charge is 0.314 e. The molecule has 1 amide bonds. The molecule has 1 aliphatic heterocycles. The summed E-state index contributed by atoms with van der Waals surface area (Å²) < 4.78 is 0. The van der Waals surface area contributed by atoms with Gasteiger partial charge in [0.15, 0.2) is 0 Å². The van der Waals surface area contributed by atoms with Crippen molar-refractivity contribution in [3.05, 3.63) is 41.7 Å². The molecule has 0 bridgehead atoms. The number of benzene rings is 1. The number of piperidine rings is 1. The summed E-state index contributed by atoms with van der Waals surface area (Å²) >= 11 is 0. The average Bonchev–Trinajstić information content (AvgIpc) is 2.79. The Hall–Kier alpha value is -1.89. The fourth-order valence-corrected chi connectivity index (χ4v) is 4.43. The summed E-state index contributed by atoms with van der Waals surface area (Å²) in [6.07, 6.45) is 9.82. The predicted octanol–water partition coefficient (Wildman–Crippen LogP) is 3.61. The molecular weight excluding hydrogens is 386 g/mol. The number of amides is 1. The van der Waals surface area contributed by atoms with Crippen LogP contribution in [0.15, 0.2) is 36.2 Å². The Morgan fingerprint density at radius 1 is 1.19 bits per heavy atom. The van der Waals surface area contributed by atoms with Gasteiger partial charge in [-0.25, -0.2) is 5.43 Å². The first kappa shape index (κ1) is 25.4. The Bertz CT molecular complexity index is 665. The van der Waals surface area contributed by atoms with Crippen molar-refractivity contribution < 1.29 is 4.79 Å². The first-order valence-corrected chi connectivity index (χ1v) is 11.9. The molecule has 1 atom stereocenters. The minimum absolute atomic E-state index is 0.659. The molecule has 31 heavy (non-hydrogen) atoms. The van der Waals surface area contributed by atoms with Gasteiger partial charge in [0.2, 0.25) is 6.41 Å². The molecule has 1 heterocycles. The quantitative estimate of drug-likeness (QED) is 0.371. The number of nitrogens with one attached hydrogen (secondary N) is 2. The van der Waals surface area contributed by atoms with Crippen LogP contribution in [0.4, 0.5) is 5.69 Å². The zero-order valence-electron chi connectivity index (χ0n) is 20.2. The molecule has 2 rings (SSSR count). The third-order valence-electron chi connectivity index (χ3n) is 6.46. The number of anilines is 1. The first-order valence-electron chi connectivity index (χ1n) is 11.9. The van der Waals surface area contributed by atoms with Gasteiger partial charge < -0.3 is 15.1 Å². The SMILES string of the molecule is CCc1ccc(N(NC)/C(=C\CC2CCN(C(CC)CCN(C)C)CC2)NC=O)cc1. The van der Waals surface area contributed by atoms with Gasteiger partial charge in [-0.05, 0) is 102 Å². The third-order valence-corrected chi connectivity index (χ3v) is 6.46. The van der Waals surface area contributed by atoms with Crippen LogP contribution in [0.25, 0.3) is 0 Å². The lowest BCUT2D eigenvalue weighted by molar-refractivity contribution is -0.109. The van der Waals surface area contributed by atoms with Crippen LogP contribution in [-0.4, -0.2) is 63.0 Å². The van der Waals surface area contributed by atoms with Crippen LogP contribution in [-0.2, 0) is 11.2 Å². The molecule has 0 radical (unpaired) electrons. The van der Waals surface area contributed by atoms with Crippen LogP contribution in [0, 0.1) is 5.92 Å². The second-order valence-corrected chi connectivity index (χ2v) is 8.80. The molecule has 1 fully saturated rings. The minimum atomic E-state index is 0.659. The van der Waals surface area contributed by atoms with Gasteiger partial charge in [-0.2, -0.15) is 0 Å². The molecule has 1 unspecified atom stereocenters. The van der Waals surface area contributed by atoms with E-state index in [4.69, 9.17) is 0 Å². The predicted molar refractivity (Wildman–Crippen MR) is 131 cm³/mol. The Morgan fingerprint density at radius 3 is 2.39 bits per heavy atom. The van der Waals surface area contributed by atoms with Crippen LogP contribution in [0.3, 0.4) is 0 Å². The van der Waals surface area contributed by atoms with Crippen molar-refractivity contribution in [1.82, 2.24) is 20.5 Å². The molecule has 1 aromatic rings. The van der Waals surface area contributed by atoms with Crippen molar-refractivity contribution in [3.8, 4) is 0 Å². The highest BCUT2D eigenvalue weighted by atomic mass is 16.1. The lowest BCUT2D eigenvalue weighted by Gasteiger charge is -2.37. The fraction of sp³-hybridized carbons (Fsp3) is 0.640. The van der Waals surface area contributed by atoms with Crippen LogP contribution in [0.5, 0.6) is 0 Å². The highest BCUT2D eigenvalue weighted by molar-refractivity contribution is 5.57. The van der Waals surface area contributed by atoms with Crippen molar-refractivity contribution >= 4 is 12.1 Å². The maximum Gasteiger partial charge on any atom is 0.212 e. The Morgan fingerprint density at radius 2 is 1.87 bits per heavy atom. The lowest BCUT2D eigenvalue weighted by Crippen LogP contribution is -2.42. The highest BCUT2D eigenvalue weighted by Crippen LogP contribution is 2.25. The number of carbonyl (C=O) groups is 1. The molecule has 1 aliphatic rings. The lowest BCUT2D eigenvalue weighted by atomic mass is 9.91. The van der Waals surface area contributed by atoms with E-state index in [1.54, 1.807) is 0 Å². The van der Waals surface area contributed by atoms with E-state index in [1.807, 2.05) is 12.1 Å². The van der Waals surface area contributed by atoms with E-state index in [0.29, 0.717) is 12.0 Å². The standard InChI is InChI=1S/C25H43N5O/c1-6-21-8-11-24(12-9-21)30(26-3)25(27-20-31)13-10-22-14-18-29(19-15-22)23(7-2)16-17-28(4)5/h8-9,11-13,20,22-23,26H,6-7,10,14-19H2,1-5H3,(H,27,31)/b25-13-. The number of carbonyl (C=O) groups excluding carboxylic acids is 1. The van der Waals surface area contributed by atoms with Gasteiger partial charge in [0.25, 0.3) is 0 Å². The summed E-state index contributed by atoms with van der Waals surface area (Å²) in [6, 6.07) is 9.14. The number of aryl methyl sites for hydroxylation is 1. The molecule has 6 heteroatoms. The van der Waals surface area contributed by atoms with Gasteiger partial charge in [-0.1, -0.05) is 26.0 Å². The average molecular weight is 430 g/mol. The van der Waals surface area contributed by atoms with Gasteiger partial charge in [0.05, 0.1) is 5.69 Å². The normalized spacial score (nSPS) is 17.0. The van der Waals surface area contributed by atoms with Crippen molar-refractivity contribution in [2.45, 2.75) is 58.4 Å². The summed E-state index contributed by atoms with van der Waals surface area (Å²) in [5.41, 5.74) is 5.53. The van der Waals surface area contributed by atoms with Crippen LogP contribution in [0.1, 0.15) is 51.5 Å². The van der Waals surface area contributed by atoms with Crippen molar-refractivity contribution in [1.29, 1.82) is 0 Å². The monoisotopic (exact) mass is 429 g/mol. The zero-order valence-corrected chi connectivity index (χ0v) is 20.2. The van der Waals surface area contributed by atoms with E-state index in [-0.39, 0.29) is 0 Å². The maximum absolute atomic E-state index is 11.3. The Labute approximate surface area is 189 Å². The number of hydrogen-bond acceptors (Lipinski definition) is 5. The molecule has 0 saturated carbocycles. The second kappa shape index (κ2) is 13.5. The van der Waals surface area contributed by atoms with Crippen LogP contribution < -0.4 is 15.8 Å². The third kappa shape index (κ3) is 7.95. The molecule has 174 valence electrons. The second-order valence-electron chi connectivity index (χ2n) is 8.80. The number of rotatable bonds is 13. The first-order chi connectivity index (χ1) is 15.0. The van der Waals surface area contributed by atoms with Crippen molar-refractivity contribution in [2.75, 3.05) is 45.8 Å². The molecule has 0 aliphatic carbocycles. The summed E-state index contributed by atoms with van der Waals surface area (Å²) in [5, 5.41) is 4.83. The minimum Gasteiger partial charge on any atom is -0.314 e. The molecule has 1 saturated heterocycles. The summed E-state index contributed by atoms with van der Waals surface area (Å²) in [4.78, 5) is 16.2. The smallest absolute Gasteiger partial charge is 0.212 e. The van der Waals surface area contributed by atoms with Gasteiger partial charge in [-0.15, -0.1) is 0 Å². The molecule has 2 N–H and O–H groups in total. The van der Waals surface area contributed by atoms with E-state index >= 15 is 0 Å². The number of hydrazine groups is 1. The van der Waals surface area contributed by atoms with E-state index in [1.165, 1.54) is 44.3 Å². The summed E-state index contributed by atoms with van der Waals surface area (Å²) in [6.45, 7) is 7.97. The topological polar surface area (TPSA) is 50.9 Å². The van der Waals surface area contributed by atoms with Gasteiger partial charge in [-0.3, -0.25) is 9.80 Å². The molecule has 0 spiro atoms. The van der Waals surface area contributed by atoms with Gasteiger partial charge in [0.1, 0.15) is 5.82 Å². The van der Waals surface area contributed by atoms with Gasteiger partial charge in [0, 0.05) is 13.1 Å². The molecule has 6 nitrogen and oxygen atoms in total. The Balaban J connectivity index is 1.96. The number of hydrogen-bond donors (Lipinski definition) is 2. The molecular formula is C25H43N5O. The summed E-state index contributed by atoms with van der Waals surface area (Å²) in [5.74, 6) is 1.45. The van der Waals surface area contributed by atoms with E-state index < -0.39 is 0 Å². The molecule has 1 aromatic carbocycles. The molecule has 0 aromatic heterocycles. The number of allylic oxidation sites excluding steroid dienone is 1. The Kier molecular flexibility index (Phi) is 11.1. The van der Waals surface area contributed by atoms with Crippen LogP contribution >= 0.6 is 0 Å². The fourth-order valence-electron chi connectivity index (χ4n) is 4.43. The van der Waals surface area contributed by atoms with Crippen molar-refractivity contribution in [2.24, 2.45) is 5.92 Å². The zero-order chi connectivity index (χ0) is 22.6. The van der Waals surface area contributed by atoms with E-state index in [9.17, 15) is 4.79 Å². The maximum atomic E-state index is 11.3. The summed E-state index contributed by atoms with van der Waals surface area (Å²) in [7, 11) is 6.19. The van der Waals surface area contributed by atoms with E-state index in [2.05, 4.69) is 78.8 Å². The highest BCUT2D eigenvalue weighted by Gasteiger charge is 2.24. The van der Waals surface area contributed by atoms with E-state index in [0.717, 1.165) is 37.3 Å².